The first-order chi connectivity index (χ1) is 17.9. The van der Waals surface area contributed by atoms with Gasteiger partial charge in [-0.2, -0.15) is 13.2 Å². The SMILES string of the molecule is CC[C@H](Nc1cc(C(F)F)c(-c2sc(C(=O)N[C@H]3CC[C@H]3O)nc2C(=O)N2CCC[C@@H]2C)cn1)C(F)(F)F. The molecule has 1 saturated heterocycles. The van der Waals surface area contributed by atoms with Crippen LogP contribution in [0.1, 0.15) is 78.2 Å². The van der Waals surface area contributed by atoms with E-state index in [-0.39, 0.29) is 33.6 Å². The molecule has 4 rings (SSSR count). The number of aromatic nitrogens is 2. The van der Waals surface area contributed by atoms with Gasteiger partial charge in [-0.15, -0.1) is 11.3 Å². The van der Waals surface area contributed by atoms with Crippen molar-refractivity contribution in [2.24, 2.45) is 0 Å². The van der Waals surface area contributed by atoms with Gasteiger partial charge in [0.05, 0.1) is 17.0 Å². The van der Waals surface area contributed by atoms with Gasteiger partial charge in [-0.05, 0) is 45.1 Å². The molecule has 1 aliphatic carbocycles. The molecular weight excluding hydrogens is 533 g/mol. The van der Waals surface area contributed by atoms with Crippen molar-refractivity contribution < 1.29 is 36.6 Å². The van der Waals surface area contributed by atoms with E-state index < -0.39 is 54.0 Å². The van der Waals surface area contributed by atoms with Crippen LogP contribution >= 0.6 is 11.3 Å². The van der Waals surface area contributed by atoms with Crippen LogP contribution in [0.15, 0.2) is 12.3 Å². The number of halogens is 5. The minimum absolute atomic E-state index is 0.0226. The van der Waals surface area contributed by atoms with Crippen molar-refractivity contribution in [3.05, 3.63) is 28.5 Å². The van der Waals surface area contributed by atoms with Crippen molar-refractivity contribution in [1.29, 1.82) is 0 Å². The predicted molar refractivity (Wildman–Crippen MR) is 130 cm³/mol. The molecule has 2 amide bonds. The standard InChI is InChI=1S/C24H28F5N5O3S/c1-3-16(24(27,28)29)32-17-9-12(20(25)26)13(10-30-17)19-18(23(37)34-8-4-5-11(34)2)33-22(38-19)21(36)31-14-6-7-15(14)35/h9-11,14-16,20,35H,3-8H2,1-2H3,(H,30,32)(H,31,36)/t11-,14-,15+,16-/m0/s1. The Morgan fingerprint density at radius 2 is 2.00 bits per heavy atom. The number of hydrogen-bond acceptors (Lipinski definition) is 7. The summed E-state index contributed by atoms with van der Waals surface area (Å²) >= 11 is 0.721. The van der Waals surface area contributed by atoms with E-state index in [4.69, 9.17) is 0 Å². The molecule has 1 saturated carbocycles. The zero-order valence-electron chi connectivity index (χ0n) is 20.7. The molecular formula is C24H28F5N5O3S. The van der Waals surface area contributed by atoms with Crippen molar-refractivity contribution in [3.8, 4) is 10.4 Å². The van der Waals surface area contributed by atoms with Crippen molar-refractivity contribution in [3.63, 3.8) is 0 Å². The Labute approximate surface area is 219 Å². The predicted octanol–water partition coefficient (Wildman–Crippen LogP) is 4.77. The number of amides is 2. The molecule has 38 heavy (non-hydrogen) atoms. The van der Waals surface area contributed by atoms with Gasteiger partial charge in [0.2, 0.25) is 0 Å². The number of aliphatic hydroxyl groups excluding tert-OH is 1. The summed E-state index contributed by atoms with van der Waals surface area (Å²) in [4.78, 5) is 35.9. The molecule has 8 nitrogen and oxygen atoms in total. The monoisotopic (exact) mass is 561 g/mol. The maximum atomic E-state index is 14.2. The molecule has 0 radical (unpaired) electrons. The van der Waals surface area contributed by atoms with E-state index >= 15 is 0 Å². The lowest BCUT2D eigenvalue weighted by Gasteiger charge is -2.32. The van der Waals surface area contributed by atoms with Crippen LogP contribution in [0.25, 0.3) is 10.4 Å². The summed E-state index contributed by atoms with van der Waals surface area (Å²) in [5.74, 6) is -1.58. The summed E-state index contributed by atoms with van der Waals surface area (Å²) in [6, 6.07) is -1.75. The van der Waals surface area contributed by atoms with Gasteiger partial charge in [0, 0.05) is 29.9 Å². The second-order valence-corrected chi connectivity index (χ2v) is 10.5. The van der Waals surface area contributed by atoms with Gasteiger partial charge in [-0.3, -0.25) is 9.59 Å². The molecule has 208 valence electrons. The number of thiazole rings is 1. The van der Waals surface area contributed by atoms with E-state index in [1.54, 1.807) is 4.90 Å². The minimum Gasteiger partial charge on any atom is -0.391 e. The maximum absolute atomic E-state index is 14.2. The summed E-state index contributed by atoms with van der Waals surface area (Å²) < 4.78 is 68.0. The highest BCUT2D eigenvalue weighted by atomic mass is 32.1. The molecule has 0 bridgehead atoms. The number of hydrogen-bond donors (Lipinski definition) is 3. The number of nitrogens with one attached hydrogen (secondary N) is 2. The number of likely N-dealkylation sites (tertiary alicyclic amines) is 1. The molecule has 2 fully saturated rings. The first-order valence-electron chi connectivity index (χ1n) is 12.3. The highest BCUT2D eigenvalue weighted by Crippen LogP contribution is 2.39. The fourth-order valence-corrected chi connectivity index (χ4v) is 5.50. The molecule has 14 heteroatoms. The fourth-order valence-electron chi connectivity index (χ4n) is 4.51. The number of nitrogens with zero attached hydrogens (tertiary/aromatic N) is 3. The molecule has 1 aliphatic heterocycles. The summed E-state index contributed by atoms with van der Waals surface area (Å²) in [6.45, 7) is 3.59. The van der Waals surface area contributed by atoms with E-state index in [0.717, 1.165) is 36.4 Å². The van der Waals surface area contributed by atoms with Gasteiger partial charge < -0.3 is 20.6 Å². The topological polar surface area (TPSA) is 107 Å². The van der Waals surface area contributed by atoms with Crippen molar-refractivity contribution >= 4 is 29.0 Å². The van der Waals surface area contributed by atoms with E-state index in [0.29, 0.717) is 19.4 Å². The van der Waals surface area contributed by atoms with E-state index in [9.17, 15) is 36.6 Å². The van der Waals surface area contributed by atoms with Crippen LogP contribution in [0.4, 0.5) is 27.8 Å². The number of rotatable bonds is 8. The third-order valence-electron chi connectivity index (χ3n) is 6.93. The lowest BCUT2D eigenvalue weighted by Crippen LogP contribution is -2.50. The van der Waals surface area contributed by atoms with Gasteiger partial charge in [-0.1, -0.05) is 6.92 Å². The number of pyridine rings is 1. The van der Waals surface area contributed by atoms with Crippen LogP contribution in [0.3, 0.4) is 0 Å². The lowest BCUT2D eigenvalue weighted by atomic mass is 9.89. The zero-order valence-corrected chi connectivity index (χ0v) is 21.5. The third kappa shape index (κ3) is 5.75. The third-order valence-corrected chi connectivity index (χ3v) is 8.02. The summed E-state index contributed by atoms with van der Waals surface area (Å²) in [5, 5.41) is 14.4. The van der Waals surface area contributed by atoms with Crippen LogP contribution < -0.4 is 10.6 Å². The van der Waals surface area contributed by atoms with Gasteiger partial charge in [0.1, 0.15) is 17.6 Å². The number of alkyl halides is 5. The minimum atomic E-state index is -4.61. The Morgan fingerprint density at radius 1 is 1.26 bits per heavy atom. The highest BCUT2D eigenvalue weighted by Gasteiger charge is 2.39. The fraction of sp³-hybridized carbons (Fsp3) is 0.583. The number of anilines is 1. The van der Waals surface area contributed by atoms with Crippen molar-refractivity contribution in [1.82, 2.24) is 20.2 Å². The molecule has 0 spiro atoms. The Bertz CT molecular complexity index is 1190. The Kier molecular flexibility index (Phi) is 8.21. The molecule has 3 heterocycles. The van der Waals surface area contributed by atoms with Gasteiger partial charge >= 0.3 is 6.18 Å². The molecule has 0 unspecified atom stereocenters. The molecule has 2 aromatic heterocycles. The number of aliphatic hydroxyl groups is 1. The van der Waals surface area contributed by atoms with Crippen LogP contribution in [0.2, 0.25) is 0 Å². The average molecular weight is 562 g/mol. The van der Waals surface area contributed by atoms with Gasteiger partial charge in [0.15, 0.2) is 5.01 Å². The summed E-state index contributed by atoms with van der Waals surface area (Å²) in [7, 11) is 0. The second-order valence-electron chi connectivity index (χ2n) is 9.52. The van der Waals surface area contributed by atoms with Gasteiger partial charge in [0.25, 0.3) is 18.2 Å². The average Bonchev–Trinajstić information content (AvgIpc) is 3.50. The largest absolute Gasteiger partial charge is 0.408 e. The smallest absolute Gasteiger partial charge is 0.391 e. The zero-order chi connectivity index (χ0) is 27.8. The van der Waals surface area contributed by atoms with E-state index in [1.807, 2.05) is 6.92 Å². The quantitative estimate of drug-likeness (QED) is 0.401. The molecule has 2 aliphatic rings. The summed E-state index contributed by atoms with van der Waals surface area (Å²) in [6.07, 6.45) is -5.20. The highest BCUT2D eigenvalue weighted by molar-refractivity contribution is 7.17. The van der Waals surface area contributed by atoms with Gasteiger partial charge in [-0.25, -0.2) is 18.7 Å². The number of carbonyl (C=O) groups is 2. The lowest BCUT2D eigenvalue weighted by molar-refractivity contribution is -0.142. The molecule has 3 N–H and O–H groups in total. The van der Waals surface area contributed by atoms with E-state index in [1.165, 1.54) is 6.92 Å². The normalized spacial score (nSPS) is 22.3. The first kappa shape index (κ1) is 28.1. The van der Waals surface area contributed by atoms with Crippen LogP contribution in [0.5, 0.6) is 0 Å². The first-order valence-corrected chi connectivity index (χ1v) is 13.1. The van der Waals surface area contributed by atoms with Crippen molar-refractivity contribution in [2.75, 3.05) is 11.9 Å². The second kappa shape index (κ2) is 11.1. The maximum Gasteiger partial charge on any atom is 0.408 e. The van der Waals surface area contributed by atoms with Crippen LogP contribution in [-0.2, 0) is 0 Å². The van der Waals surface area contributed by atoms with Crippen LogP contribution in [-0.4, -0.2) is 68.7 Å². The van der Waals surface area contributed by atoms with E-state index in [2.05, 4.69) is 20.6 Å². The van der Waals surface area contributed by atoms with Crippen LogP contribution in [0, 0.1) is 0 Å². The number of carbonyl (C=O) groups excluding carboxylic acids is 2. The Balaban J connectivity index is 1.74. The Morgan fingerprint density at radius 3 is 2.53 bits per heavy atom. The van der Waals surface area contributed by atoms with Crippen molar-refractivity contribution in [2.45, 2.75) is 82.8 Å². The molecule has 4 atom stereocenters. The Hall–Kier alpha value is -2.87. The summed E-state index contributed by atoms with van der Waals surface area (Å²) in [5.41, 5.74) is -1.04. The molecule has 0 aromatic carbocycles. The molecule has 2 aromatic rings.